The zero-order valence-corrected chi connectivity index (χ0v) is 11.3. The number of hydrogen-bond acceptors (Lipinski definition) is 4. The molecule has 20 heavy (non-hydrogen) atoms. The van der Waals surface area contributed by atoms with Crippen molar-refractivity contribution in [2.75, 3.05) is 18.9 Å². The Kier molecular flexibility index (Phi) is 4.55. The number of anilines is 1. The van der Waals surface area contributed by atoms with Crippen molar-refractivity contribution in [3.8, 4) is 5.75 Å². The monoisotopic (exact) mass is 271 g/mol. The number of carbonyl (C=O) groups excluding carboxylic acids is 1. The number of amides is 1. The molecule has 104 valence electrons. The van der Waals surface area contributed by atoms with E-state index >= 15 is 0 Å². The number of nitrogens with zero attached hydrogens (tertiary/aromatic N) is 1. The first-order chi connectivity index (χ1) is 9.70. The van der Waals surface area contributed by atoms with Gasteiger partial charge in [-0.1, -0.05) is 12.1 Å². The number of phenols is 1. The first-order valence-electron chi connectivity index (χ1n) is 6.39. The zero-order chi connectivity index (χ0) is 14.4. The second-order valence-electron chi connectivity index (χ2n) is 4.32. The molecule has 0 radical (unpaired) electrons. The van der Waals surface area contributed by atoms with Crippen LogP contribution in [0.5, 0.6) is 5.75 Å². The number of phenolic OH excluding ortho intramolecular Hbond substituents is 1. The van der Waals surface area contributed by atoms with Gasteiger partial charge in [0.25, 0.3) is 5.91 Å². The van der Waals surface area contributed by atoms with Gasteiger partial charge in [-0.05, 0) is 36.2 Å². The lowest BCUT2D eigenvalue weighted by Crippen LogP contribution is -2.20. The van der Waals surface area contributed by atoms with Crippen LogP contribution in [-0.2, 0) is 6.42 Å². The second-order valence-corrected chi connectivity index (χ2v) is 4.32. The standard InChI is InChI=1S/C15H17N3O2/c1-16-15(20)13-3-2-9-17-14(13)18-10-8-11-4-6-12(19)7-5-11/h2-7,9,19H,8,10H2,1H3,(H,16,20)(H,17,18). The summed E-state index contributed by atoms with van der Waals surface area (Å²) in [5.41, 5.74) is 1.63. The summed E-state index contributed by atoms with van der Waals surface area (Å²) in [7, 11) is 1.59. The van der Waals surface area contributed by atoms with Gasteiger partial charge in [-0.3, -0.25) is 4.79 Å². The number of hydrogen-bond donors (Lipinski definition) is 3. The second kappa shape index (κ2) is 6.56. The van der Waals surface area contributed by atoms with Gasteiger partial charge in [0.2, 0.25) is 0 Å². The Balaban J connectivity index is 1.97. The Bertz CT molecular complexity index is 582. The number of nitrogens with one attached hydrogen (secondary N) is 2. The van der Waals surface area contributed by atoms with Crippen LogP contribution in [-0.4, -0.2) is 29.6 Å². The highest BCUT2D eigenvalue weighted by Gasteiger charge is 2.09. The highest BCUT2D eigenvalue weighted by atomic mass is 16.3. The largest absolute Gasteiger partial charge is 0.508 e. The van der Waals surface area contributed by atoms with Crippen molar-refractivity contribution in [3.63, 3.8) is 0 Å². The fraction of sp³-hybridized carbons (Fsp3) is 0.200. The number of pyridine rings is 1. The first kappa shape index (κ1) is 13.9. The molecule has 0 aliphatic rings. The van der Waals surface area contributed by atoms with Gasteiger partial charge in [-0.25, -0.2) is 4.98 Å². The number of rotatable bonds is 5. The summed E-state index contributed by atoms with van der Waals surface area (Å²) in [5, 5.41) is 15.0. The molecule has 5 heteroatoms. The van der Waals surface area contributed by atoms with E-state index in [2.05, 4.69) is 15.6 Å². The van der Waals surface area contributed by atoms with E-state index < -0.39 is 0 Å². The molecule has 0 fully saturated rings. The lowest BCUT2D eigenvalue weighted by atomic mass is 10.1. The van der Waals surface area contributed by atoms with E-state index in [1.54, 1.807) is 37.5 Å². The Hall–Kier alpha value is -2.56. The Morgan fingerprint density at radius 1 is 1.25 bits per heavy atom. The van der Waals surface area contributed by atoms with Gasteiger partial charge >= 0.3 is 0 Å². The van der Waals surface area contributed by atoms with Gasteiger partial charge in [0.05, 0.1) is 5.56 Å². The summed E-state index contributed by atoms with van der Waals surface area (Å²) >= 11 is 0. The van der Waals surface area contributed by atoms with Crippen LogP contribution in [0.2, 0.25) is 0 Å². The Morgan fingerprint density at radius 3 is 2.70 bits per heavy atom. The fourth-order valence-electron chi connectivity index (χ4n) is 1.85. The average molecular weight is 271 g/mol. The number of benzene rings is 1. The molecule has 1 amide bonds. The van der Waals surface area contributed by atoms with Gasteiger partial charge in [-0.2, -0.15) is 0 Å². The van der Waals surface area contributed by atoms with Gasteiger partial charge in [-0.15, -0.1) is 0 Å². The van der Waals surface area contributed by atoms with E-state index in [1.807, 2.05) is 12.1 Å². The minimum absolute atomic E-state index is 0.162. The van der Waals surface area contributed by atoms with Crippen LogP contribution >= 0.6 is 0 Å². The predicted molar refractivity (Wildman–Crippen MR) is 77.9 cm³/mol. The molecule has 0 bridgehead atoms. The SMILES string of the molecule is CNC(=O)c1cccnc1NCCc1ccc(O)cc1. The van der Waals surface area contributed by atoms with Crippen molar-refractivity contribution in [3.05, 3.63) is 53.7 Å². The molecule has 0 aliphatic heterocycles. The van der Waals surface area contributed by atoms with Crippen LogP contribution in [0.1, 0.15) is 15.9 Å². The molecule has 2 aromatic rings. The normalized spacial score (nSPS) is 10.1. The molecule has 0 saturated heterocycles. The summed E-state index contributed by atoms with van der Waals surface area (Å²) in [6.07, 6.45) is 2.43. The quantitative estimate of drug-likeness (QED) is 0.775. The van der Waals surface area contributed by atoms with E-state index in [0.717, 1.165) is 12.0 Å². The fourth-order valence-corrected chi connectivity index (χ4v) is 1.85. The Labute approximate surface area is 117 Å². The van der Waals surface area contributed by atoms with E-state index in [-0.39, 0.29) is 11.7 Å². The van der Waals surface area contributed by atoms with E-state index in [0.29, 0.717) is 17.9 Å². The van der Waals surface area contributed by atoms with Crippen molar-refractivity contribution in [1.29, 1.82) is 0 Å². The van der Waals surface area contributed by atoms with Gasteiger partial charge in [0.15, 0.2) is 0 Å². The average Bonchev–Trinajstić information content (AvgIpc) is 2.49. The van der Waals surface area contributed by atoms with Crippen LogP contribution in [0.3, 0.4) is 0 Å². The van der Waals surface area contributed by atoms with Crippen LogP contribution in [0.25, 0.3) is 0 Å². The van der Waals surface area contributed by atoms with E-state index in [4.69, 9.17) is 0 Å². The molecule has 2 rings (SSSR count). The molecular weight excluding hydrogens is 254 g/mol. The zero-order valence-electron chi connectivity index (χ0n) is 11.3. The van der Waals surface area contributed by atoms with Crippen molar-refractivity contribution in [2.45, 2.75) is 6.42 Å². The topological polar surface area (TPSA) is 74.2 Å². The predicted octanol–water partition coefficient (Wildman–Crippen LogP) is 1.80. The van der Waals surface area contributed by atoms with Crippen molar-refractivity contribution in [1.82, 2.24) is 10.3 Å². The molecule has 0 aliphatic carbocycles. The number of aromatic nitrogens is 1. The lowest BCUT2D eigenvalue weighted by molar-refractivity contribution is 0.0963. The van der Waals surface area contributed by atoms with Gasteiger partial charge < -0.3 is 15.7 Å². The summed E-state index contributed by atoms with van der Waals surface area (Å²) in [4.78, 5) is 15.9. The van der Waals surface area contributed by atoms with Crippen molar-refractivity contribution in [2.24, 2.45) is 0 Å². The molecule has 5 nitrogen and oxygen atoms in total. The van der Waals surface area contributed by atoms with E-state index in [1.165, 1.54) is 0 Å². The molecule has 1 aromatic heterocycles. The molecule has 0 spiro atoms. The third-order valence-corrected chi connectivity index (χ3v) is 2.92. The van der Waals surface area contributed by atoms with E-state index in [9.17, 15) is 9.90 Å². The molecule has 0 saturated carbocycles. The molecule has 0 atom stereocenters. The lowest BCUT2D eigenvalue weighted by Gasteiger charge is -2.09. The summed E-state index contributed by atoms with van der Waals surface area (Å²) in [5.74, 6) is 0.671. The minimum Gasteiger partial charge on any atom is -0.508 e. The third-order valence-electron chi connectivity index (χ3n) is 2.92. The summed E-state index contributed by atoms with van der Waals surface area (Å²) < 4.78 is 0. The van der Waals surface area contributed by atoms with Gasteiger partial charge in [0.1, 0.15) is 11.6 Å². The highest BCUT2D eigenvalue weighted by molar-refractivity contribution is 5.98. The first-order valence-corrected chi connectivity index (χ1v) is 6.39. The summed E-state index contributed by atoms with van der Waals surface area (Å²) in [6, 6.07) is 10.5. The van der Waals surface area contributed by atoms with Crippen LogP contribution in [0.15, 0.2) is 42.6 Å². The maximum atomic E-state index is 11.7. The maximum absolute atomic E-state index is 11.7. The van der Waals surface area contributed by atoms with Crippen LogP contribution in [0, 0.1) is 0 Å². The molecule has 1 aromatic carbocycles. The van der Waals surface area contributed by atoms with Crippen molar-refractivity contribution >= 4 is 11.7 Å². The van der Waals surface area contributed by atoms with Gasteiger partial charge in [0, 0.05) is 19.8 Å². The minimum atomic E-state index is -0.162. The molecular formula is C15H17N3O2. The third kappa shape index (κ3) is 3.47. The smallest absolute Gasteiger partial charge is 0.254 e. The molecule has 0 unspecified atom stereocenters. The molecule has 3 N–H and O–H groups in total. The number of carbonyl (C=O) groups is 1. The highest BCUT2D eigenvalue weighted by Crippen LogP contribution is 2.13. The van der Waals surface area contributed by atoms with Crippen LogP contribution in [0.4, 0.5) is 5.82 Å². The number of aromatic hydroxyl groups is 1. The maximum Gasteiger partial charge on any atom is 0.254 e. The Morgan fingerprint density at radius 2 is 2.00 bits per heavy atom. The van der Waals surface area contributed by atoms with Crippen molar-refractivity contribution < 1.29 is 9.90 Å². The molecule has 1 heterocycles. The summed E-state index contributed by atoms with van der Waals surface area (Å²) in [6.45, 7) is 0.659. The van der Waals surface area contributed by atoms with Crippen LogP contribution < -0.4 is 10.6 Å².